The maximum Gasteiger partial charge on any atom is 0.251 e. The first kappa shape index (κ1) is 23.0. The molecule has 3 rings (SSSR count). The summed E-state index contributed by atoms with van der Waals surface area (Å²) in [5.41, 5.74) is 1.78. The molecule has 0 radical (unpaired) electrons. The van der Waals surface area contributed by atoms with Gasteiger partial charge in [-0.15, -0.1) is 0 Å². The Labute approximate surface area is 184 Å². The van der Waals surface area contributed by atoms with Crippen LogP contribution in [0.1, 0.15) is 15.9 Å². The quantitative estimate of drug-likeness (QED) is 0.473. The average Bonchev–Trinajstić information content (AvgIpc) is 2.82. The predicted octanol–water partition coefficient (Wildman–Crippen LogP) is -0.359. The lowest BCUT2D eigenvalue weighted by Crippen LogP contribution is -2.55. The second-order valence-corrected chi connectivity index (χ2v) is 7.76. The first-order valence-corrected chi connectivity index (χ1v) is 10.9. The van der Waals surface area contributed by atoms with Crippen LogP contribution in [-0.2, 0) is 16.0 Å². The molecule has 9 heteroatoms. The summed E-state index contributed by atoms with van der Waals surface area (Å²) in [5, 5.41) is 6.08. The van der Waals surface area contributed by atoms with E-state index in [-0.39, 0.29) is 11.8 Å². The zero-order valence-corrected chi connectivity index (χ0v) is 18.6. The number of carbonyl (C=O) groups excluding carboxylic acids is 2. The van der Waals surface area contributed by atoms with Crippen molar-refractivity contribution in [1.29, 1.82) is 0 Å². The van der Waals surface area contributed by atoms with E-state index in [1.807, 2.05) is 29.2 Å². The molecular weight excluding hydrogens is 396 g/mol. The second kappa shape index (κ2) is 11.7. The van der Waals surface area contributed by atoms with Crippen molar-refractivity contribution in [1.82, 2.24) is 25.3 Å². The molecule has 2 aliphatic rings. The number of morpholine rings is 1. The predicted molar refractivity (Wildman–Crippen MR) is 120 cm³/mol. The van der Waals surface area contributed by atoms with E-state index in [2.05, 4.69) is 25.4 Å². The molecule has 2 N–H and O–H groups in total. The third-order valence-electron chi connectivity index (χ3n) is 5.72. The number of hydrogen-bond donors (Lipinski definition) is 2. The van der Waals surface area contributed by atoms with Gasteiger partial charge < -0.3 is 25.2 Å². The number of ether oxygens (including phenoxy) is 1. The molecule has 2 saturated heterocycles. The van der Waals surface area contributed by atoms with Crippen molar-refractivity contribution in [3.8, 4) is 0 Å². The lowest BCUT2D eigenvalue weighted by Gasteiger charge is -2.37. The van der Waals surface area contributed by atoms with Gasteiger partial charge in [0.05, 0.1) is 19.8 Å². The summed E-state index contributed by atoms with van der Waals surface area (Å²) < 4.78 is 5.32. The van der Waals surface area contributed by atoms with Crippen LogP contribution in [0.5, 0.6) is 0 Å². The molecule has 0 aromatic heterocycles. The monoisotopic (exact) mass is 430 g/mol. The van der Waals surface area contributed by atoms with Gasteiger partial charge in [0.1, 0.15) is 0 Å². The van der Waals surface area contributed by atoms with Crippen LogP contribution >= 0.6 is 0 Å². The van der Waals surface area contributed by atoms with E-state index in [1.54, 1.807) is 14.1 Å². The van der Waals surface area contributed by atoms with E-state index in [0.717, 1.165) is 50.7 Å². The Kier molecular flexibility index (Phi) is 8.66. The van der Waals surface area contributed by atoms with Crippen molar-refractivity contribution in [2.75, 3.05) is 79.7 Å². The molecule has 0 saturated carbocycles. The summed E-state index contributed by atoms with van der Waals surface area (Å²) in [5.74, 6) is 0.996. The zero-order valence-electron chi connectivity index (χ0n) is 18.6. The van der Waals surface area contributed by atoms with Crippen LogP contribution in [0.2, 0.25) is 0 Å². The lowest BCUT2D eigenvalue weighted by molar-refractivity contribution is -0.136. The number of carbonyl (C=O) groups is 2. The average molecular weight is 431 g/mol. The fourth-order valence-corrected chi connectivity index (χ4v) is 3.89. The molecule has 170 valence electrons. The van der Waals surface area contributed by atoms with Gasteiger partial charge in [-0.2, -0.15) is 0 Å². The Morgan fingerprint density at radius 3 is 2.48 bits per heavy atom. The fourth-order valence-electron chi connectivity index (χ4n) is 3.89. The van der Waals surface area contributed by atoms with Gasteiger partial charge in [0.15, 0.2) is 5.96 Å². The standard InChI is InChI=1S/C22H34N6O3/c1-23-21(30)19-5-3-4-18(16-19)6-7-25-22(24-2)28-10-8-26(9-11-28)17-20(29)27-12-14-31-15-13-27/h3-5,16H,6-15,17H2,1-2H3,(H,23,30)(H,24,25). The summed E-state index contributed by atoms with van der Waals surface area (Å²) in [6.07, 6.45) is 0.803. The van der Waals surface area contributed by atoms with Gasteiger partial charge >= 0.3 is 0 Å². The van der Waals surface area contributed by atoms with E-state index < -0.39 is 0 Å². The number of nitrogens with one attached hydrogen (secondary N) is 2. The SMILES string of the molecule is CN=C(NCCc1cccc(C(=O)NC)c1)N1CCN(CC(=O)N2CCOCC2)CC1. The van der Waals surface area contributed by atoms with E-state index in [1.165, 1.54) is 0 Å². The van der Waals surface area contributed by atoms with Crippen LogP contribution in [-0.4, -0.2) is 112 Å². The normalized spacial score (nSPS) is 18.1. The number of aliphatic imine (C=N–C) groups is 1. The van der Waals surface area contributed by atoms with Gasteiger partial charge in [-0.25, -0.2) is 0 Å². The molecule has 2 aliphatic heterocycles. The van der Waals surface area contributed by atoms with Crippen LogP contribution in [0.25, 0.3) is 0 Å². The van der Waals surface area contributed by atoms with Gasteiger partial charge in [-0.05, 0) is 24.1 Å². The number of guanidine groups is 1. The third kappa shape index (κ3) is 6.67. The smallest absolute Gasteiger partial charge is 0.251 e. The highest BCUT2D eigenvalue weighted by atomic mass is 16.5. The van der Waals surface area contributed by atoms with Crippen molar-refractivity contribution >= 4 is 17.8 Å². The van der Waals surface area contributed by atoms with Crippen LogP contribution in [0.4, 0.5) is 0 Å². The summed E-state index contributed by atoms with van der Waals surface area (Å²) in [7, 11) is 3.43. The third-order valence-corrected chi connectivity index (χ3v) is 5.72. The minimum absolute atomic E-state index is 0.0735. The molecule has 0 spiro atoms. The lowest BCUT2D eigenvalue weighted by atomic mass is 10.1. The van der Waals surface area contributed by atoms with Gasteiger partial charge in [-0.1, -0.05) is 12.1 Å². The molecule has 1 aromatic rings. The van der Waals surface area contributed by atoms with E-state index >= 15 is 0 Å². The Morgan fingerprint density at radius 2 is 1.81 bits per heavy atom. The van der Waals surface area contributed by atoms with E-state index in [0.29, 0.717) is 38.4 Å². The molecule has 0 atom stereocenters. The molecule has 0 unspecified atom stereocenters. The number of hydrogen-bond acceptors (Lipinski definition) is 5. The highest BCUT2D eigenvalue weighted by Crippen LogP contribution is 2.07. The van der Waals surface area contributed by atoms with Crippen molar-refractivity contribution in [3.05, 3.63) is 35.4 Å². The maximum absolute atomic E-state index is 12.5. The highest BCUT2D eigenvalue weighted by Gasteiger charge is 2.24. The molecule has 2 heterocycles. The molecule has 0 aliphatic carbocycles. The molecule has 2 fully saturated rings. The number of piperazine rings is 1. The van der Waals surface area contributed by atoms with Crippen LogP contribution in [0, 0.1) is 0 Å². The minimum atomic E-state index is -0.0735. The molecular formula is C22H34N6O3. The number of amides is 2. The number of benzene rings is 1. The van der Waals surface area contributed by atoms with Crippen LogP contribution < -0.4 is 10.6 Å². The first-order chi connectivity index (χ1) is 15.1. The second-order valence-electron chi connectivity index (χ2n) is 7.76. The van der Waals surface area contributed by atoms with Gasteiger partial charge in [0, 0.05) is 65.5 Å². The Bertz CT molecular complexity index is 770. The van der Waals surface area contributed by atoms with Gasteiger partial charge in [0.2, 0.25) is 5.91 Å². The Hall–Kier alpha value is -2.65. The van der Waals surface area contributed by atoms with E-state index in [4.69, 9.17) is 4.74 Å². The Balaban J connectivity index is 1.41. The molecule has 31 heavy (non-hydrogen) atoms. The number of nitrogens with zero attached hydrogens (tertiary/aromatic N) is 4. The van der Waals surface area contributed by atoms with Gasteiger partial charge in [0.25, 0.3) is 5.91 Å². The summed E-state index contributed by atoms with van der Waals surface area (Å²) >= 11 is 0. The maximum atomic E-state index is 12.5. The molecule has 2 amide bonds. The summed E-state index contributed by atoms with van der Waals surface area (Å²) in [6.45, 7) is 7.22. The van der Waals surface area contributed by atoms with Crippen molar-refractivity contribution in [3.63, 3.8) is 0 Å². The number of rotatable bonds is 6. The fraction of sp³-hybridized carbons (Fsp3) is 0.591. The van der Waals surface area contributed by atoms with Crippen molar-refractivity contribution < 1.29 is 14.3 Å². The van der Waals surface area contributed by atoms with Crippen LogP contribution in [0.15, 0.2) is 29.3 Å². The Morgan fingerprint density at radius 1 is 1.06 bits per heavy atom. The molecule has 0 bridgehead atoms. The highest BCUT2D eigenvalue weighted by molar-refractivity contribution is 5.94. The topological polar surface area (TPSA) is 89.5 Å². The van der Waals surface area contributed by atoms with Crippen molar-refractivity contribution in [2.24, 2.45) is 4.99 Å². The summed E-state index contributed by atoms with van der Waals surface area (Å²) in [4.78, 5) is 35.0. The molecule has 1 aromatic carbocycles. The largest absolute Gasteiger partial charge is 0.378 e. The first-order valence-electron chi connectivity index (χ1n) is 10.9. The van der Waals surface area contributed by atoms with Gasteiger partial charge in [-0.3, -0.25) is 19.5 Å². The summed E-state index contributed by atoms with van der Waals surface area (Å²) in [6, 6.07) is 7.68. The van der Waals surface area contributed by atoms with Crippen molar-refractivity contribution in [2.45, 2.75) is 6.42 Å². The zero-order chi connectivity index (χ0) is 22.1. The molecule has 9 nitrogen and oxygen atoms in total. The minimum Gasteiger partial charge on any atom is -0.378 e. The van der Waals surface area contributed by atoms with Crippen LogP contribution in [0.3, 0.4) is 0 Å². The van der Waals surface area contributed by atoms with E-state index in [9.17, 15) is 9.59 Å².